The molecule has 3 nitrogen and oxygen atoms in total. The first kappa shape index (κ1) is 13.4. The molecule has 1 aromatic carbocycles. The Kier molecular flexibility index (Phi) is 5.96. The highest BCUT2D eigenvalue weighted by Crippen LogP contribution is 2.26. The number of rotatable bonds is 5. The lowest BCUT2D eigenvalue weighted by Gasteiger charge is -2.03. The van der Waals surface area contributed by atoms with E-state index in [-0.39, 0.29) is 6.61 Å². The fourth-order valence-electron chi connectivity index (χ4n) is 1.04. The van der Waals surface area contributed by atoms with Gasteiger partial charge in [0.1, 0.15) is 6.61 Å². The smallest absolute Gasteiger partial charge is 0.438 e. The van der Waals surface area contributed by atoms with E-state index < -0.39 is 6.16 Å². The minimum atomic E-state index is -0.686. The molecular formula is C13H14O3S. The van der Waals surface area contributed by atoms with Crippen molar-refractivity contribution in [3.05, 3.63) is 54.0 Å². The van der Waals surface area contributed by atoms with Crippen LogP contribution in [0.25, 0.3) is 0 Å². The van der Waals surface area contributed by atoms with Crippen LogP contribution in [-0.4, -0.2) is 19.9 Å². The Hall–Kier alpha value is -1.68. The van der Waals surface area contributed by atoms with Crippen molar-refractivity contribution in [3.63, 3.8) is 0 Å². The monoisotopic (exact) mass is 250 g/mol. The minimum absolute atomic E-state index is 0.174. The molecular weight excluding hydrogens is 236 g/mol. The summed E-state index contributed by atoms with van der Waals surface area (Å²) in [7, 11) is 1.28. The first-order chi connectivity index (χ1) is 8.26. The molecule has 0 N–H and O–H groups in total. The van der Waals surface area contributed by atoms with Gasteiger partial charge < -0.3 is 9.47 Å². The highest BCUT2D eigenvalue weighted by Gasteiger charge is 1.99. The highest BCUT2D eigenvalue weighted by atomic mass is 32.2. The van der Waals surface area contributed by atoms with E-state index in [0.717, 1.165) is 9.80 Å². The van der Waals surface area contributed by atoms with E-state index in [1.165, 1.54) is 7.11 Å². The standard InChI is InChI=1S/C13H14O3S/c1-3-11(9-10-16-13(14)15-2)17-12-7-5-4-6-8-12/h3-9H,1,10H2,2H3/b11-9+. The van der Waals surface area contributed by atoms with Crippen molar-refractivity contribution in [2.75, 3.05) is 13.7 Å². The van der Waals surface area contributed by atoms with Crippen molar-refractivity contribution in [2.24, 2.45) is 0 Å². The zero-order chi connectivity index (χ0) is 12.5. The van der Waals surface area contributed by atoms with Crippen LogP contribution in [-0.2, 0) is 9.47 Å². The van der Waals surface area contributed by atoms with Gasteiger partial charge in [0.05, 0.1) is 7.11 Å². The van der Waals surface area contributed by atoms with E-state index in [1.54, 1.807) is 23.9 Å². The first-order valence-corrected chi connectivity index (χ1v) is 5.84. The number of carbonyl (C=O) groups excluding carboxylic acids is 1. The van der Waals surface area contributed by atoms with E-state index >= 15 is 0 Å². The second-order valence-electron chi connectivity index (χ2n) is 2.99. The quantitative estimate of drug-likeness (QED) is 0.454. The molecule has 0 saturated carbocycles. The van der Waals surface area contributed by atoms with E-state index in [0.29, 0.717) is 0 Å². The van der Waals surface area contributed by atoms with Gasteiger partial charge in [0, 0.05) is 9.80 Å². The maximum Gasteiger partial charge on any atom is 0.508 e. The summed E-state index contributed by atoms with van der Waals surface area (Å²) >= 11 is 1.56. The second kappa shape index (κ2) is 7.57. The van der Waals surface area contributed by atoms with Gasteiger partial charge in [0.25, 0.3) is 0 Å². The maximum atomic E-state index is 10.7. The van der Waals surface area contributed by atoms with Crippen LogP contribution < -0.4 is 0 Å². The number of benzene rings is 1. The Labute approximate surface area is 105 Å². The van der Waals surface area contributed by atoms with Crippen LogP contribution >= 0.6 is 11.8 Å². The molecule has 0 fully saturated rings. The van der Waals surface area contributed by atoms with Crippen LogP contribution in [0.2, 0.25) is 0 Å². The van der Waals surface area contributed by atoms with Crippen molar-refractivity contribution >= 4 is 17.9 Å². The summed E-state index contributed by atoms with van der Waals surface area (Å²) in [5.74, 6) is 0. The van der Waals surface area contributed by atoms with Crippen LogP contribution in [0.15, 0.2) is 58.9 Å². The lowest BCUT2D eigenvalue weighted by molar-refractivity contribution is 0.0818. The van der Waals surface area contributed by atoms with Gasteiger partial charge in [0.2, 0.25) is 0 Å². The molecule has 0 aliphatic carbocycles. The number of carbonyl (C=O) groups is 1. The van der Waals surface area contributed by atoms with Crippen molar-refractivity contribution in [1.82, 2.24) is 0 Å². The third-order valence-electron chi connectivity index (χ3n) is 1.83. The molecule has 0 unspecified atom stereocenters. The highest BCUT2D eigenvalue weighted by molar-refractivity contribution is 8.03. The largest absolute Gasteiger partial charge is 0.508 e. The van der Waals surface area contributed by atoms with Crippen LogP contribution in [0, 0.1) is 0 Å². The SMILES string of the molecule is C=C/C(=C\COC(=O)OC)Sc1ccccc1. The van der Waals surface area contributed by atoms with Gasteiger partial charge >= 0.3 is 6.16 Å². The molecule has 90 valence electrons. The maximum absolute atomic E-state index is 10.7. The van der Waals surface area contributed by atoms with Gasteiger partial charge in [-0.1, -0.05) is 42.6 Å². The fraction of sp³-hybridized carbons (Fsp3) is 0.154. The van der Waals surface area contributed by atoms with Gasteiger partial charge in [0.15, 0.2) is 0 Å². The number of allylic oxidation sites excluding steroid dienone is 1. The lowest BCUT2D eigenvalue weighted by Crippen LogP contribution is -2.03. The number of hydrogen-bond acceptors (Lipinski definition) is 4. The predicted octanol–water partition coefficient (Wildman–Crippen LogP) is 3.63. The Morgan fingerprint density at radius 3 is 2.71 bits per heavy atom. The normalized spacial score (nSPS) is 10.8. The van der Waals surface area contributed by atoms with E-state index in [4.69, 9.17) is 4.74 Å². The molecule has 1 rings (SSSR count). The molecule has 0 aliphatic rings. The van der Waals surface area contributed by atoms with Gasteiger partial charge in [-0.15, -0.1) is 0 Å². The molecule has 0 heterocycles. The average molecular weight is 250 g/mol. The van der Waals surface area contributed by atoms with Gasteiger partial charge in [-0.2, -0.15) is 0 Å². The summed E-state index contributed by atoms with van der Waals surface area (Å²) < 4.78 is 9.12. The van der Waals surface area contributed by atoms with Crippen molar-refractivity contribution in [1.29, 1.82) is 0 Å². The van der Waals surface area contributed by atoms with Crippen molar-refractivity contribution < 1.29 is 14.3 Å². The zero-order valence-corrected chi connectivity index (χ0v) is 10.4. The van der Waals surface area contributed by atoms with E-state index in [1.807, 2.05) is 30.3 Å². The topological polar surface area (TPSA) is 35.5 Å². The number of thioether (sulfide) groups is 1. The number of ether oxygens (including phenoxy) is 2. The minimum Gasteiger partial charge on any atom is -0.438 e. The van der Waals surface area contributed by atoms with E-state index in [9.17, 15) is 4.79 Å². The molecule has 1 aromatic rings. The third kappa shape index (κ3) is 5.26. The van der Waals surface area contributed by atoms with Crippen LogP contribution in [0.4, 0.5) is 4.79 Å². The molecule has 0 atom stereocenters. The Morgan fingerprint density at radius 2 is 2.12 bits per heavy atom. The van der Waals surface area contributed by atoms with Crippen LogP contribution in [0.5, 0.6) is 0 Å². The third-order valence-corrected chi connectivity index (χ3v) is 2.91. The lowest BCUT2D eigenvalue weighted by atomic mass is 10.4. The molecule has 0 bridgehead atoms. The molecule has 0 spiro atoms. The first-order valence-electron chi connectivity index (χ1n) is 5.02. The number of methoxy groups -OCH3 is 1. The zero-order valence-electron chi connectivity index (χ0n) is 9.59. The summed E-state index contributed by atoms with van der Waals surface area (Å²) in [6.45, 7) is 3.89. The molecule has 0 radical (unpaired) electrons. The Bertz CT molecular complexity index is 398. The van der Waals surface area contributed by atoms with Gasteiger partial charge in [-0.3, -0.25) is 0 Å². The van der Waals surface area contributed by atoms with E-state index in [2.05, 4.69) is 11.3 Å². The van der Waals surface area contributed by atoms with Gasteiger partial charge in [-0.25, -0.2) is 4.79 Å². The van der Waals surface area contributed by atoms with Crippen LogP contribution in [0.1, 0.15) is 0 Å². The summed E-state index contributed by atoms with van der Waals surface area (Å²) in [6.07, 6.45) is 2.81. The predicted molar refractivity (Wildman–Crippen MR) is 68.9 cm³/mol. The van der Waals surface area contributed by atoms with Gasteiger partial charge in [-0.05, 0) is 18.2 Å². The summed E-state index contributed by atoms with van der Waals surface area (Å²) in [5.41, 5.74) is 0. The molecule has 0 saturated heterocycles. The molecule has 0 aliphatic heterocycles. The Morgan fingerprint density at radius 1 is 1.41 bits per heavy atom. The molecule has 0 aromatic heterocycles. The Balaban J connectivity index is 2.51. The van der Waals surface area contributed by atoms with Crippen molar-refractivity contribution in [3.8, 4) is 0 Å². The molecule has 17 heavy (non-hydrogen) atoms. The number of hydrogen-bond donors (Lipinski definition) is 0. The molecule has 4 heteroatoms. The molecule has 0 amide bonds. The summed E-state index contributed by atoms with van der Waals surface area (Å²) in [6, 6.07) is 9.90. The fourth-order valence-corrected chi connectivity index (χ4v) is 1.84. The summed E-state index contributed by atoms with van der Waals surface area (Å²) in [5, 5.41) is 0. The average Bonchev–Trinajstić information content (AvgIpc) is 2.38. The van der Waals surface area contributed by atoms with Crippen molar-refractivity contribution in [2.45, 2.75) is 4.90 Å². The van der Waals surface area contributed by atoms with Crippen LogP contribution in [0.3, 0.4) is 0 Å². The summed E-state index contributed by atoms with van der Waals surface area (Å²) in [4.78, 5) is 12.8. The second-order valence-corrected chi connectivity index (χ2v) is 4.14.